The SMILES string of the molecule is Cc1cnc(C(C)NCc2sc(C)nc2C)s1. The molecular weight excluding hydrogens is 250 g/mol. The Balaban J connectivity index is 1.96. The Morgan fingerprint density at radius 3 is 2.59 bits per heavy atom. The summed E-state index contributed by atoms with van der Waals surface area (Å²) in [6.07, 6.45) is 1.93. The normalized spacial score (nSPS) is 12.9. The van der Waals surface area contributed by atoms with E-state index in [1.807, 2.05) is 6.20 Å². The van der Waals surface area contributed by atoms with E-state index in [9.17, 15) is 0 Å². The second kappa shape index (κ2) is 5.25. The molecular formula is C12H17N3S2. The van der Waals surface area contributed by atoms with Crippen molar-refractivity contribution in [1.29, 1.82) is 0 Å². The van der Waals surface area contributed by atoms with E-state index in [2.05, 4.69) is 43.0 Å². The zero-order valence-electron chi connectivity index (χ0n) is 10.6. The van der Waals surface area contributed by atoms with Crippen molar-refractivity contribution >= 4 is 22.7 Å². The van der Waals surface area contributed by atoms with Crippen molar-refractivity contribution in [1.82, 2.24) is 15.3 Å². The number of aromatic nitrogens is 2. The lowest BCUT2D eigenvalue weighted by Gasteiger charge is -2.10. The second-order valence-corrected chi connectivity index (χ2v) is 6.71. The van der Waals surface area contributed by atoms with Crippen LogP contribution < -0.4 is 5.32 Å². The highest BCUT2D eigenvalue weighted by Crippen LogP contribution is 2.21. The largest absolute Gasteiger partial charge is 0.303 e. The van der Waals surface area contributed by atoms with Crippen LogP contribution in [0.15, 0.2) is 6.20 Å². The van der Waals surface area contributed by atoms with Crippen molar-refractivity contribution in [2.75, 3.05) is 0 Å². The first kappa shape index (κ1) is 12.7. The standard InChI is InChI=1S/C12H17N3S2/c1-7-5-14-12(16-7)9(3)13-6-11-8(2)15-10(4)17-11/h5,9,13H,6H2,1-4H3. The minimum atomic E-state index is 0.301. The molecule has 1 unspecified atom stereocenters. The number of thiazole rings is 2. The highest BCUT2D eigenvalue weighted by molar-refractivity contribution is 7.12. The van der Waals surface area contributed by atoms with E-state index in [1.165, 1.54) is 9.75 Å². The van der Waals surface area contributed by atoms with Gasteiger partial charge in [-0.2, -0.15) is 0 Å². The first-order valence-corrected chi connectivity index (χ1v) is 7.28. The van der Waals surface area contributed by atoms with Gasteiger partial charge in [-0.1, -0.05) is 0 Å². The number of nitrogens with one attached hydrogen (secondary N) is 1. The Kier molecular flexibility index (Phi) is 3.91. The van der Waals surface area contributed by atoms with Crippen LogP contribution in [0.1, 0.15) is 38.4 Å². The average Bonchev–Trinajstić information content (AvgIpc) is 2.82. The zero-order chi connectivity index (χ0) is 12.4. The number of nitrogens with zero attached hydrogens (tertiary/aromatic N) is 2. The fourth-order valence-corrected chi connectivity index (χ4v) is 3.33. The fourth-order valence-electron chi connectivity index (χ4n) is 1.64. The molecule has 0 aliphatic carbocycles. The Bertz CT molecular complexity index is 502. The van der Waals surface area contributed by atoms with Crippen molar-refractivity contribution < 1.29 is 0 Å². The van der Waals surface area contributed by atoms with E-state index in [4.69, 9.17) is 0 Å². The fraction of sp³-hybridized carbons (Fsp3) is 0.500. The van der Waals surface area contributed by atoms with Crippen LogP contribution in [0, 0.1) is 20.8 Å². The van der Waals surface area contributed by atoms with Crippen LogP contribution in [-0.2, 0) is 6.54 Å². The number of hydrogen-bond donors (Lipinski definition) is 1. The molecule has 0 amide bonds. The molecule has 0 aliphatic rings. The van der Waals surface area contributed by atoms with Crippen molar-refractivity contribution in [2.24, 2.45) is 0 Å². The third-order valence-corrected chi connectivity index (χ3v) is 4.75. The van der Waals surface area contributed by atoms with Gasteiger partial charge in [0.15, 0.2) is 0 Å². The summed E-state index contributed by atoms with van der Waals surface area (Å²) < 4.78 is 0. The molecule has 1 N–H and O–H groups in total. The van der Waals surface area contributed by atoms with Crippen molar-refractivity contribution in [2.45, 2.75) is 40.3 Å². The van der Waals surface area contributed by atoms with Gasteiger partial charge in [0.1, 0.15) is 5.01 Å². The number of rotatable bonds is 4. The molecule has 2 aromatic rings. The zero-order valence-corrected chi connectivity index (χ0v) is 12.2. The molecule has 1 atom stereocenters. The third kappa shape index (κ3) is 3.12. The summed E-state index contributed by atoms with van der Waals surface area (Å²) in [5.41, 5.74) is 1.14. The predicted octanol–water partition coefficient (Wildman–Crippen LogP) is 3.38. The topological polar surface area (TPSA) is 37.8 Å². The first-order chi connectivity index (χ1) is 8.06. The summed E-state index contributed by atoms with van der Waals surface area (Å²) in [7, 11) is 0. The summed E-state index contributed by atoms with van der Waals surface area (Å²) in [6, 6.07) is 0.301. The molecule has 2 aromatic heterocycles. The van der Waals surface area contributed by atoms with E-state index < -0.39 is 0 Å². The molecule has 0 radical (unpaired) electrons. The molecule has 0 saturated heterocycles. The minimum Gasteiger partial charge on any atom is -0.303 e. The van der Waals surface area contributed by atoms with Gasteiger partial charge in [-0.05, 0) is 27.7 Å². The van der Waals surface area contributed by atoms with Crippen LogP contribution in [0.3, 0.4) is 0 Å². The molecule has 0 fully saturated rings. The van der Waals surface area contributed by atoms with Gasteiger partial charge in [0.2, 0.25) is 0 Å². The average molecular weight is 267 g/mol. The predicted molar refractivity (Wildman–Crippen MR) is 73.7 cm³/mol. The molecule has 92 valence electrons. The van der Waals surface area contributed by atoms with Crippen LogP contribution in [0.2, 0.25) is 0 Å². The molecule has 5 heteroatoms. The highest BCUT2D eigenvalue weighted by Gasteiger charge is 2.11. The van der Waals surface area contributed by atoms with Gasteiger partial charge in [0.25, 0.3) is 0 Å². The van der Waals surface area contributed by atoms with Gasteiger partial charge < -0.3 is 5.32 Å². The highest BCUT2D eigenvalue weighted by atomic mass is 32.1. The maximum Gasteiger partial charge on any atom is 0.109 e. The lowest BCUT2D eigenvalue weighted by Crippen LogP contribution is -2.17. The van der Waals surface area contributed by atoms with Gasteiger partial charge in [-0.25, -0.2) is 9.97 Å². The Hall–Kier alpha value is -0.780. The molecule has 0 saturated carbocycles. The van der Waals surface area contributed by atoms with Crippen LogP contribution in [0.4, 0.5) is 0 Å². The third-order valence-electron chi connectivity index (χ3n) is 2.58. The van der Waals surface area contributed by atoms with Crippen molar-refractivity contribution in [3.05, 3.63) is 31.7 Å². The van der Waals surface area contributed by atoms with Gasteiger partial charge >= 0.3 is 0 Å². The van der Waals surface area contributed by atoms with E-state index in [0.717, 1.165) is 22.3 Å². The lowest BCUT2D eigenvalue weighted by molar-refractivity contribution is 0.574. The minimum absolute atomic E-state index is 0.301. The van der Waals surface area contributed by atoms with Crippen molar-refractivity contribution in [3.63, 3.8) is 0 Å². The quantitative estimate of drug-likeness (QED) is 0.923. The number of aryl methyl sites for hydroxylation is 3. The molecule has 0 aromatic carbocycles. The Morgan fingerprint density at radius 1 is 1.29 bits per heavy atom. The molecule has 0 aliphatic heterocycles. The van der Waals surface area contributed by atoms with Gasteiger partial charge in [-0.15, -0.1) is 22.7 Å². The summed E-state index contributed by atoms with van der Waals surface area (Å²) in [5, 5.41) is 5.79. The Labute approximate surface area is 110 Å². The van der Waals surface area contributed by atoms with Crippen LogP contribution in [0.25, 0.3) is 0 Å². The van der Waals surface area contributed by atoms with Crippen LogP contribution >= 0.6 is 22.7 Å². The van der Waals surface area contributed by atoms with E-state index in [-0.39, 0.29) is 0 Å². The van der Waals surface area contributed by atoms with E-state index in [1.54, 1.807) is 22.7 Å². The Morgan fingerprint density at radius 2 is 2.06 bits per heavy atom. The molecule has 2 rings (SSSR count). The van der Waals surface area contributed by atoms with Gasteiger partial charge in [-0.3, -0.25) is 0 Å². The summed E-state index contributed by atoms with van der Waals surface area (Å²) in [4.78, 5) is 11.4. The molecule has 0 bridgehead atoms. The van der Waals surface area contributed by atoms with Gasteiger partial charge in [0.05, 0.1) is 16.7 Å². The molecule has 17 heavy (non-hydrogen) atoms. The molecule has 3 nitrogen and oxygen atoms in total. The lowest BCUT2D eigenvalue weighted by atomic mass is 10.3. The smallest absolute Gasteiger partial charge is 0.109 e. The first-order valence-electron chi connectivity index (χ1n) is 5.65. The van der Waals surface area contributed by atoms with Crippen LogP contribution in [-0.4, -0.2) is 9.97 Å². The van der Waals surface area contributed by atoms with E-state index in [0.29, 0.717) is 6.04 Å². The maximum atomic E-state index is 4.43. The number of hydrogen-bond acceptors (Lipinski definition) is 5. The second-order valence-electron chi connectivity index (χ2n) is 4.15. The summed E-state index contributed by atoms with van der Waals surface area (Å²) in [6.45, 7) is 9.23. The summed E-state index contributed by atoms with van der Waals surface area (Å²) in [5.74, 6) is 0. The monoisotopic (exact) mass is 267 g/mol. The van der Waals surface area contributed by atoms with Gasteiger partial charge in [0, 0.05) is 22.5 Å². The maximum absolute atomic E-state index is 4.43. The van der Waals surface area contributed by atoms with E-state index >= 15 is 0 Å². The summed E-state index contributed by atoms with van der Waals surface area (Å²) >= 11 is 3.52. The molecule has 2 heterocycles. The molecule has 0 spiro atoms. The van der Waals surface area contributed by atoms with Crippen molar-refractivity contribution in [3.8, 4) is 0 Å². The van der Waals surface area contributed by atoms with Crippen LogP contribution in [0.5, 0.6) is 0 Å².